The largest absolute Gasteiger partial charge is 0.396 e. The molecular formula is C17H25F3O3Si. The zero-order valence-corrected chi connectivity index (χ0v) is 15.6. The van der Waals surface area contributed by atoms with Gasteiger partial charge in [0.05, 0.1) is 0 Å². The molecular weight excluding hydrogens is 337 g/mol. The first-order valence-electron chi connectivity index (χ1n) is 8.21. The minimum Gasteiger partial charge on any atom is -0.396 e. The van der Waals surface area contributed by atoms with Gasteiger partial charge in [0.15, 0.2) is 0 Å². The quantitative estimate of drug-likeness (QED) is 0.700. The summed E-state index contributed by atoms with van der Waals surface area (Å²) >= 11 is 0. The van der Waals surface area contributed by atoms with Gasteiger partial charge in [0.2, 0.25) is 0 Å². The van der Waals surface area contributed by atoms with Crippen molar-refractivity contribution in [1.82, 2.24) is 0 Å². The Labute approximate surface area is 142 Å². The molecule has 0 radical (unpaired) electrons. The Kier molecular flexibility index (Phi) is 6.12. The van der Waals surface area contributed by atoms with Gasteiger partial charge in [0.25, 0.3) is 0 Å². The Balaban J connectivity index is 2.66. The van der Waals surface area contributed by atoms with Gasteiger partial charge in [-0.2, -0.15) is 0 Å². The highest BCUT2D eigenvalue weighted by molar-refractivity contribution is 6.71. The van der Waals surface area contributed by atoms with Crippen molar-refractivity contribution in [1.29, 1.82) is 0 Å². The number of halogens is 3. The highest BCUT2D eigenvalue weighted by atomic mass is 28.4. The molecule has 1 aliphatic rings. The first kappa shape index (κ1) is 19.4. The molecule has 1 aromatic carbocycles. The predicted molar refractivity (Wildman–Crippen MR) is 87.5 cm³/mol. The molecule has 0 amide bonds. The molecule has 7 heteroatoms. The van der Waals surface area contributed by atoms with E-state index < -0.39 is 37.2 Å². The molecule has 1 aromatic rings. The summed E-state index contributed by atoms with van der Waals surface area (Å²) in [6, 6.07) is 2.14. The fraction of sp³-hybridized carbons (Fsp3) is 0.647. The molecule has 0 aromatic heterocycles. The molecule has 1 fully saturated rings. The number of hydrogen-bond acceptors (Lipinski definition) is 3. The van der Waals surface area contributed by atoms with E-state index in [2.05, 4.69) is 0 Å². The van der Waals surface area contributed by atoms with E-state index in [4.69, 9.17) is 13.6 Å². The van der Waals surface area contributed by atoms with Crippen LogP contribution in [0, 0.1) is 17.5 Å². The third kappa shape index (κ3) is 2.91. The first-order valence-corrected chi connectivity index (χ1v) is 10.2. The Morgan fingerprint density at radius 3 is 2.17 bits per heavy atom. The normalized spacial score (nSPS) is 26.5. The molecule has 0 bridgehead atoms. The third-order valence-electron chi connectivity index (χ3n) is 5.24. The van der Waals surface area contributed by atoms with Gasteiger partial charge in [-0.25, -0.2) is 13.2 Å². The lowest BCUT2D eigenvalue weighted by Crippen LogP contribution is -2.67. The molecule has 2 rings (SSSR count). The zero-order valence-electron chi connectivity index (χ0n) is 14.6. The average molecular weight is 362 g/mol. The summed E-state index contributed by atoms with van der Waals surface area (Å²) in [5, 5.41) is -0.928. The minimum atomic E-state index is -2.89. The average Bonchev–Trinajstić information content (AvgIpc) is 2.55. The molecule has 0 saturated carbocycles. The zero-order chi connectivity index (χ0) is 18.0. The van der Waals surface area contributed by atoms with Crippen molar-refractivity contribution in [3.05, 3.63) is 35.1 Å². The van der Waals surface area contributed by atoms with Crippen LogP contribution in [0.25, 0.3) is 0 Å². The highest BCUT2D eigenvalue weighted by Gasteiger charge is 2.63. The van der Waals surface area contributed by atoms with Crippen LogP contribution in [-0.4, -0.2) is 35.1 Å². The van der Waals surface area contributed by atoms with Crippen LogP contribution >= 0.6 is 0 Å². The van der Waals surface area contributed by atoms with Crippen LogP contribution in [0.15, 0.2) is 12.1 Å². The van der Waals surface area contributed by atoms with Crippen molar-refractivity contribution in [3.63, 3.8) is 0 Å². The van der Waals surface area contributed by atoms with Crippen molar-refractivity contribution in [2.45, 2.75) is 49.8 Å². The van der Waals surface area contributed by atoms with E-state index in [0.717, 1.165) is 18.6 Å². The molecule has 1 heterocycles. The highest BCUT2D eigenvalue weighted by Crippen LogP contribution is 2.52. The SMILES string of the molecule is CCCC1(OC)C(c2c(F)cc(F)cc2F)CCC[Si]1(OC)OC. The summed E-state index contributed by atoms with van der Waals surface area (Å²) in [4.78, 5) is 0. The summed E-state index contributed by atoms with van der Waals surface area (Å²) in [5.41, 5.74) is -0.127. The lowest BCUT2D eigenvalue weighted by atomic mass is 9.85. The maximum Gasteiger partial charge on any atom is 0.371 e. The molecule has 1 aliphatic heterocycles. The van der Waals surface area contributed by atoms with Gasteiger partial charge in [-0.15, -0.1) is 0 Å². The van der Waals surface area contributed by atoms with E-state index in [1.165, 1.54) is 7.11 Å². The fourth-order valence-corrected chi connectivity index (χ4v) is 8.40. The molecule has 24 heavy (non-hydrogen) atoms. The van der Waals surface area contributed by atoms with E-state index in [1.807, 2.05) is 6.92 Å². The maximum atomic E-state index is 14.5. The molecule has 1 saturated heterocycles. The smallest absolute Gasteiger partial charge is 0.371 e. The van der Waals surface area contributed by atoms with Crippen LogP contribution in [-0.2, 0) is 13.6 Å². The van der Waals surface area contributed by atoms with Crippen molar-refractivity contribution in [3.8, 4) is 0 Å². The van der Waals surface area contributed by atoms with E-state index in [-0.39, 0.29) is 5.56 Å². The summed E-state index contributed by atoms with van der Waals surface area (Å²) < 4.78 is 59.8. The molecule has 0 spiro atoms. The van der Waals surface area contributed by atoms with Gasteiger partial charge in [-0.3, -0.25) is 0 Å². The van der Waals surface area contributed by atoms with Crippen LogP contribution in [0.4, 0.5) is 13.2 Å². The van der Waals surface area contributed by atoms with Crippen molar-refractivity contribution in [2.75, 3.05) is 21.3 Å². The standard InChI is InChI=1S/C17H25F3O3Si/c1-5-8-17(21-2)13(7-6-9-24(17,22-3)23-4)16-14(19)10-12(18)11-15(16)20/h10-11,13H,5-9H2,1-4H3. The number of ether oxygens (including phenoxy) is 1. The van der Waals surface area contributed by atoms with Crippen LogP contribution in [0.2, 0.25) is 6.04 Å². The second kappa shape index (κ2) is 7.55. The van der Waals surface area contributed by atoms with E-state index in [9.17, 15) is 13.2 Å². The van der Waals surface area contributed by atoms with E-state index >= 15 is 0 Å². The van der Waals surface area contributed by atoms with Crippen molar-refractivity contribution in [2.24, 2.45) is 0 Å². The van der Waals surface area contributed by atoms with Gasteiger partial charge in [-0.1, -0.05) is 19.8 Å². The molecule has 0 aliphatic carbocycles. The Morgan fingerprint density at radius 2 is 1.71 bits per heavy atom. The third-order valence-corrected chi connectivity index (χ3v) is 9.67. The maximum absolute atomic E-state index is 14.5. The van der Waals surface area contributed by atoms with Gasteiger partial charge in [-0.05, 0) is 18.9 Å². The molecule has 0 N–H and O–H groups in total. The summed E-state index contributed by atoms with van der Waals surface area (Å²) in [6.45, 7) is 1.98. The number of benzene rings is 1. The van der Waals surface area contributed by atoms with Gasteiger partial charge >= 0.3 is 8.56 Å². The van der Waals surface area contributed by atoms with Gasteiger partial charge in [0.1, 0.15) is 22.7 Å². The lowest BCUT2D eigenvalue weighted by Gasteiger charge is -2.52. The van der Waals surface area contributed by atoms with Crippen LogP contribution in [0.1, 0.15) is 44.1 Å². The Morgan fingerprint density at radius 1 is 1.12 bits per heavy atom. The number of rotatable bonds is 6. The van der Waals surface area contributed by atoms with E-state index in [1.54, 1.807) is 14.2 Å². The second-order valence-electron chi connectivity index (χ2n) is 6.23. The van der Waals surface area contributed by atoms with Gasteiger partial charge < -0.3 is 13.6 Å². The number of hydrogen-bond donors (Lipinski definition) is 0. The predicted octanol–water partition coefficient (Wildman–Crippen LogP) is 4.44. The van der Waals surface area contributed by atoms with Crippen LogP contribution < -0.4 is 0 Å². The van der Waals surface area contributed by atoms with Gasteiger partial charge in [0, 0.05) is 44.9 Å². The monoisotopic (exact) mass is 362 g/mol. The molecule has 2 unspecified atom stereocenters. The summed E-state index contributed by atoms with van der Waals surface area (Å²) in [5.74, 6) is -3.27. The van der Waals surface area contributed by atoms with Crippen molar-refractivity contribution >= 4 is 8.56 Å². The number of methoxy groups -OCH3 is 1. The first-order chi connectivity index (χ1) is 11.4. The molecule has 136 valence electrons. The van der Waals surface area contributed by atoms with Crippen molar-refractivity contribution < 1.29 is 26.8 Å². The minimum absolute atomic E-state index is 0.127. The fourth-order valence-electron chi connectivity index (χ4n) is 4.28. The Hall–Kier alpha value is -0.893. The van der Waals surface area contributed by atoms with E-state index in [0.29, 0.717) is 25.3 Å². The van der Waals surface area contributed by atoms with Crippen LogP contribution in [0.5, 0.6) is 0 Å². The molecule has 3 nitrogen and oxygen atoms in total. The Bertz CT molecular complexity index is 557. The molecule has 2 atom stereocenters. The summed E-state index contributed by atoms with van der Waals surface area (Å²) in [7, 11) is 1.79. The summed E-state index contributed by atoms with van der Waals surface area (Å²) in [6.07, 6.45) is 2.55. The van der Waals surface area contributed by atoms with Crippen LogP contribution in [0.3, 0.4) is 0 Å². The second-order valence-corrected chi connectivity index (χ2v) is 9.90. The lowest BCUT2D eigenvalue weighted by molar-refractivity contribution is -0.0317. The topological polar surface area (TPSA) is 27.7 Å².